The maximum absolute atomic E-state index is 13.3. The van der Waals surface area contributed by atoms with Crippen molar-refractivity contribution < 1.29 is 14.6 Å². The van der Waals surface area contributed by atoms with E-state index in [1.54, 1.807) is 56.8 Å². The molecule has 4 rings (SSSR count). The molecule has 162 valence electrons. The highest BCUT2D eigenvalue weighted by atomic mass is 16.5. The standard InChI is InChI=1S/C26H24N2O4/c1-16-9-12-23(17(2)13-16)28-25(29)20-8-6-5-7-19(20)21(26(28)30)15-27-22-11-10-18(31-3)14-24(22)32-4/h5-15,30H,1-4H3. The third kappa shape index (κ3) is 3.71. The van der Waals surface area contributed by atoms with Gasteiger partial charge in [0.25, 0.3) is 5.56 Å². The van der Waals surface area contributed by atoms with Gasteiger partial charge in [0, 0.05) is 23.1 Å². The molecule has 1 heterocycles. The van der Waals surface area contributed by atoms with E-state index in [-0.39, 0.29) is 11.4 Å². The zero-order valence-corrected chi connectivity index (χ0v) is 18.4. The molecule has 0 radical (unpaired) electrons. The maximum Gasteiger partial charge on any atom is 0.265 e. The number of methoxy groups -OCH3 is 2. The van der Waals surface area contributed by atoms with Gasteiger partial charge in [-0.3, -0.25) is 9.79 Å². The Balaban J connectivity index is 1.96. The van der Waals surface area contributed by atoms with Crippen molar-refractivity contribution in [1.82, 2.24) is 4.57 Å². The lowest BCUT2D eigenvalue weighted by atomic mass is 10.1. The Hall–Kier alpha value is -4.06. The average Bonchev–Trinajstić information content (AvgIpc) is 2.80. The number of aromatic nitrogens is 1. The smallest absolute Gasteiger partial charge is 0.265 e. The third-order valence-corrected chi connectivity index (χ3v) is 5.42. The second-order valence-electron chi connectivity index (χ2n) is 7.51. The van der Waals surface area contributed by atoms with Gasteiger partial charge in [0.2, 0.25) is 5.88 Å². The zero-order chi connectivity index (χ0) is 22.8. The molecule has 6 nitrogen and oxygen atoms in total. The van der Waals surface area contributed by atoms with Crippen LogP contribution >= 0.6 is 0 Å². The molecule has 4 aromatic rings. The summed E-state index contributed by atoms with van der Waals surface area (Å²) >= 11 is 0. The fraction of sp³-hybridized carbons (Fsp3) is 0.154. The minimum absolute atomic E-state index is 0.170. The second kappa shape index (κ2) is 8.59. The van der Waals surface area contributed by atoms with Crippen molar-refractivity contribution in [2.45, 2.75) is 13.8 Å². The molecular weight excluding hydrogens is 404 g/mol. The highest BCUT2D eigenvalue weighted by Crippen LogP contribution is 2.33. The first-order chi connectivity index (χ1) is 15.4. The number of ether oxygens (including phenoxy) is 2. The van der Waals surface area contributed by atoms with Crippen LogP contribution in [0.5, 0.6) is 17.4 Å². The molecule has 0 saturated heterocycles. The van der Waals surface area contributed by atoms with Gasteiger partial charge in [-0.05, 0) is 43.7 Å². The lowest BCUT2D eigenvalue weighted by molar-refractivity contribution is 0.395. The van der Waals surface area contributed by atoms with Gasteiger partial charge in [-0.1, -0.05) is 35.9 Å². The lowest BCUT2D eigenvalue weighted by Crippen LogP contribution is -2.21. The minimum Gasteiger partial charge on any atom is -0.497 e. The van der Waals surface area contributed by atoms with Crippen LogP contribution in [0.25, 0.3) is 16.5 Å². The van der Waals surface area contributed by atoms with E-state index < -0.39 is 0 Å². The predicted molar refractivity (Wildman–Crippen MR) is 127 cm³/mol. The summed E-state index contributed by atoms with van der Waals surface area (Å²) in [6, 6.07) is 18.2. The normalized spacial score (nSPS) is 11.2. The van der Waals surface area contributed by atoms with Gasteiger partial charge in [-0.15, -0.1) is 0 Å². The molecule has 0 amide bonds. The van der Waals surface area contributed by atoms with Gasteiger partial charge in [0.15, 0.2) is 0 Å². The van der Waals surface area contributed by atoms with Crippen molar-refractivity contribution >= 4 is 22.7 Å². The molecule has 0 atom stereocenters. The Bertz CT molecular complexity index is 1400. The number of aryl methyl sites for hydroxylation is 2. The van der Waals surface area contributed by atoms with Crippen LogP contribution in [0.1, 0.15) is 16.7 Å². The van der Waals surface area contributed by atoms with E-state index in [0.29, 0.717) is 39.2 Å². The Morgan fingerprint density at radius 2 is 1.69 bits per heavy atom. The number of benzene rings is 3. The summed E-state index contributed by atoms with van der Waals surface area (Å²) in [5.41, 5.74) is 3.31. The summed E-state index contributed by atoms with van der Waals surface area (Å²) in [5, 5.41) is 12.3. The highest BCUT2D eigenvalue weighted by molar-refractivity contribution is 6.02. The Morgan fingerprint density at radius 3 is 2.38 bits per heavy atom. The highest BCUT2D eigenvalue weighted by Gasteiger charge is 2.17. The van der Waals surface area contributed by atoms with Crippen molar-refractivity contribution in [1.29, 1.82) is 0 Å². The fourth-order valence-electron chi connectivity index (χ4n) is 3.79. The molecule has 0 aliphatic carbocycles. The van der Waals surface area contributed by atoms with E-state index in [1.165, 1.54) is 4.57 Å². The SMILES string of the molecule is COc1ccc(N=Cc2c(O)n(-c3ccc(C)cc3C)c(=O)c3ccccc23)c(OC)c1. The number of hydrogen-bond donors (Lipinski definition) is 1. The van der Waals surface area contributed by atoms with E-state index in [1.807, 2.05) is 38.1 Å². The molecule has 1 aromatic heterocycles. The van der Waals surface area contributed by atoms with Gasteiger partial charge < -0.3 is 14.6 Å². The summed E-state index contributed by atoms with van der Waals surface area (Å²) < 4.78 is 12.0. The first-order valence-corrected chi connectivity index (χ1v) is 10.1. The molecule has 0 unspecified atom stereocenters. The molecule has 0 spiro atoms. The average molecular weight is 428 g/mol. The van der Waals surface area contributed by atoms with Gasteiger partial charge in [0.1, 0.15) is 17.2 Å². The summed E-state index contributed by atoms with van der Waals surface area (Å²) in [7, 11) is 3.14. The lowest BCUT2D eigenvalue weighted by Gasteiger charge is -2.16. The summed E-state index contributed by atoms with van der Waals surface area (Å²) in [6.07, 6.45) is 1.56. The van der Waals surface area contributed by atoms with Crippen LogP contribution < -0.4 is 15.0 Å². The van der Waals surface area contributed by atoms with Crippen LogP contribution in [0.3, 0.4) is 0 Å². The van der Waals surface area contributed by atoms with E-state index in [2.05, 4.69) is 4.99 Å². The van der Waals surface area contributed by atoms with Crippen LogP contribution in [-0.2, 0) is 0 Å². The van der Waals surface area contributed by atoms with Crippen LogP contribution in [0, 0.1) is 13.8 Å². The number of hydrogen-bond acceptors (Lipinski definition) is 5. The van der Waals surface area contributed by atoms with Gasteiger partial charge >= 0.3 is 0 Å². The number of pyridine rings is 1. The van der Waals surface area contributed by atoms with Crippen LogP contribution in [0.4, 0.5) is 5.69 Å². The van der Waals surface area contributed by atoms with E-state index in [0.717, 1.165) is 11.1 Å². The van der Waals surface area contributed by atoms with Crippen LogP contribution in [0.2, 0.25) is 0 Å². The summed E-state index contributed by atoms with van der Waals surface area (Å²) in [4.78, 5) is 17.9. The molecule has 3 aromatic carbocycles. The first-order valence-electron chi connectivity index (χ1n) is 10.1. The minimum atomic E-state index is -0.288. The molecule has 0 aliphatic rings. The number of aliphatic imine (C=N–C) groups is 1. The van der Waals surface area contributed by atoms with E-state index in [4.69, 9.17) is 9.47 Å². The number of nitrogens with zero attached hydrogens (tertiary/aromatic N) is 2. The van der Waals surface area contributed by atoms with Gasteiger partial charge in [-0.25, -0.2) is 4.57 Å². The van der Waals surface area contributed by atoms with Crippen LogP contribution in [0.15, 0.2) is 70.5 Å². The number of fused-ring (bicyclic) bond motifs is 1. The Kier molecular flexibility index (Phi) is 5.69. The largest absolute Gasteiger partial charge is 0.497 e. The Morgan fingerprint density at radius 1 is 0.938 bits per heavy atom. The van der Waals surface area contributed by atoms with Gasteiger partial charge in [-0.2, -0.15) is 0 Å². The fourth-order valence-corrected chi connectivity index (χ4v) is 3.79. The van der Waals surface area contributed by atoms with Gasteiger partial charge in [0.05, 0.1) is 25.5 Å². The van der Waals surface area contributed by atoms with Crippen molar-refractivity contribution in [2.75, 3.05) is 14.2 Å². The molecule has 0 fully saturated rings. The first kappa shape index (κ1) is 21.2. The second-order valence-corrected chi connectivity index (χ2v) is 7.51. The van der Waals surface area contributed by atoms with Crippen molar-refractivity contribution in [3.8, 4) is 23.1 Å². The quantitative estimate of drug-likeness (QED) is 0.450. The van der Waals surface area contributed by atoms with Crippen molar-refractivity contribution in [3.63, 3.8) is 0 Å². The maximum atomic E-state index is 13.3. The topological polar surface area (TPSA) is 73.0 Å². The van der Waals surface area contributed by atoms with E-state index in [9.17, 15) is 9.90 Å². The molecule has 32 heavy (non-hydrogen) atoms. The zero-order valence-electron chi connectivity index (χ0n) is 18.4. The predicted octanol–water partition coefficient (Wildman–Crippen LogP) is 5.08. The number of rotatable bonds is 5. The Labute approximate surface area is 186 Å². The van der Waals surface area contributed by atoms with E-state index >= 15 is 0 Å². The molecule has 0 saturated carbocycles. The monoisotopic (exact) mass is 428 g/mol. The molecule has 0 bridgehead atoms. The van der Waals surface area contributed by atoms with Crippen LogP contribution in [-0.4, -0.2) is 30.1 Å². The van der Waals surface area contributed by atoms with Crippen molar-refractivity contribution in [2.24, 2.45) is 4.99 Å². The summed E-state index contributed by atoms with van der Waals surface area (Å²) in [6.45, 7) is 3.90. The number of aromatic hydroxyl groups is 1. The molecule has 6 heteroatoms. The molecule has 1 N–H and O–H groups in total. The molecule has 0 aliphatic heterocycles. The third-order valence-electron chi connectivity index (χ3n) is 5.42. The summed E-state index contributed by atoms with van der Waals surface area (Å²) in [5.74, 6) is 1.02. The van der Waals surface area contributed by atoms with Crippen molar-refractivity contribution in [3.05, 3.63) is 87.7 Å². The molecular formula is C26H24N2O4.